The van der Waals surface area contributed by atoms with Crippen LogP contribution in [-0.4, -0.2) is 30.4 Å². The van der Waals surface area contributed by atoms with E-state index in [2.05, 4.69) is 4.99 Å². The molecule has 0 aliphatic rings. The van der Waals surface area contributed by atoms with Crippen LogP contribution < -0.4 is 4.74 Å². The molecule has 4 nitrogen and oxygen atoms in total. The summed E-state index contributed by atoms with van der Waals surface area (Å²) in [6.07, 6.45) is -4.46. The summed E-state index contributed by atoms with van der Waals surface area (Å²) >= 11 is 0. The second-order valence-electron chi connectivity index (χ2n) is 4.89. The molecule has 0 saturated carbocycles. The van der Waals surface area contributed by atoms with Gasteiger partial charge in [0.2, 0.25) is 0 Å². The lowest BCUT2D eigenvalue weighted by Gasteiger charge is -2.09. The molecule has 25 heavy (non-hydrogen) atoms. The van der Waals surface area contributed by atoms with E-state index in [1.807, 2.05) is 0 Å². The van der Waals surface area contributed by atoms with Crippen LogP contribution in [0.2, 0.25) is 0 Å². The third-order valence-corrected chi connectivity index (χ3v) is 3.22. The number of rotatable bonds is 5. The monoisotopic (exact) mass is 349 g/mol. The fourth-order valence-electron chi connectivity index (χ4n) is 2.00. The Morgan fingerprint density at radius 1 is 1.08 bits per heavy atom. The average molecular weight is 349 g/mol. The van der Waals surface area contributed by atoms with Crippen LogP contribution in [0.1, 0.15) is 5.56 Å². The molecule has 0 unspecified atom stereocenters. The number of alkyl halides is 3. The summed E-state index contributed by atoms with van der Waals surface area (Å²) in [5, 5.41) is 10.2. The zero-order valence-electron chi connectivity index (χ0n) is 13.1. The highest BCUT2D eigenvalue weighted by molar-refractivity contribution is 6.20. The molecule has 0 aliphatic carbocycles. The molecule has 2 aromatic rings. The van der Waals surface area contributed by atoms with Crippen molar-refractivity contribution in [1.29, 1.82) is 0 Å². The van der Waals surface area contributed by atoms with E-state index < -0.39 is 23.3 Å². The summed E-state index contributed by atoms with van der Waals surface area (Å²) < 4.78 is 43.6. The number of aliphatic hydroxyl groups excluding tert-OH is 1. The van der Waals surface area contributed by atoms with Gasteiger partial charge in [-0.25, -0.2) is 0 Å². The lowest BCUT2D eigenvalue weighted by Crippen LogP contribution is -2.26. The van der Waals surface area contributed by atoms with E-state index in [1.54, 1.807) is 24.3 Å². The van der Waals surface area contributed by atoms with Crippen LogP contribution in [0, 0.1) is 0 Å². The van der Waals surface area contributed by atoms with Gasteiger partial charge in [-0.3, -0.25) is 9.79 Å². The van der Waals surface area contributed by atoms with Crippen molar-refractivity contribution < 1.29 is 27.8 Å². The van der Waals surface area contributed by atoms with Gasteiger partial charge in [0.25, 0.3) is 5.78 Å². The molecule has 0 atom stereocenters. The Bertz CT molecular complexity index is 812. The summed E-state index contributed by atoms with van der Waals surface area (Å²) in [5.74, 6) is -2.68. The van der Waals surface area contributed by atoms with Gasteiger partial charge in [0.15, 0.2) is 0 Å². The number of aliphatic hydroxyl groups is 1. The third-order valence-electron chi connectivity index (χ3n) is 3.22. The average Bonchev–Trinajstić information content (AvgIpc) is 2.61. The van der Waals surface area contributed by atoms with E-state index in [-0.39, 0.29) is 11.3 Å². The van der Waals surface area contributed by atoms with E-state index in [9.17, 15) is 23.1 Å². The smallest absolute Gasteiger partial charge is 0.455 e. The SMILES string of the molecule is COc1ccccc1N=C/C(C(=O)C(F)(F)F)=C(\O)c1ccccc1. The Balaban J connectivity index is 2.53. The number of allylic oxidation sites excluding steroid dienone is 1. The summed E-state index contributed by atoms with van der Waals surface area (Å²) in [6.45, 7) is 0. The summed E-state index contributed by atoms with van der Waals surface area (Å²) in [4.78, 5) is 15.6. The van der Waals surface area contributed by atoms with Gasteiger partial charge in [-0.15, -0.1) is 0 Å². The first kappa shape index (κ1) is 18.3. The Hall–Kier alpha value is -3.09. The van der Waals surface area contributed by atoms with Crippen molar-refractivity contribution in [3.63, 3.8) is 0 Å². The van der Waals surface area contributed by atoms with Gasteiger partial charge in [-0.1, -0.05) is 42.5 Å². The number of carbonyl (C=O) groups is 1. The van der Waals surface area contributed by atoms with Crippen molar-refractivity contribution in [2.75, 3.05) is 7.11 Å². The van der Waals surface area contributed by atoms with Crippen molar-refractivity contribution in [2.24, 2.45) is 4.99 Å². The molecule has 0 saturated heterocycles. The number of nitrogens with zero attached hydrogens (tertiary/aromatic N) is 1. The van der Waals surface area contributed by atoms with E-state index in [1.165, 1.54) is 37.4 Å². The predicted octanol–water partition coefficient (Wildman–Crippen LogP) is 4.50. The lowest BCUT2D eigenvalue weighted by atomic mass is 10.1. The maximum absolute atomic E-state index is 12.9. The van der Waals surface area contributed by atoms with Crippen LogP contribution in [0.25, 0.3) is 5.76 Å². The molecule has 0 aliphatic heterocycles. The Kier molecular flexibility index (Phi) is 5.59. The number of ketones is 1. The molecule has 2 aromatic carbocycles. The van der Waals surface area contributed by atoms with Gasteiger partial charge < -0.3 is 9.84 Å². The van der Waals surface area contributed by atoms with E-state index in [0.29, 0.717) is 12.0 Å². The first-order valence-corrected chi connectivity index (χ1v) is 7.12. The molecule has 0 radical (unpaired) electrons. The van der Waals surface area contributed by atoms with Crippen molar-refractivity contribution >= 4 is 23.4 Å². The predicted molar refractivity (Wildman–Crippen MR) is 88.2 cm³/mol. The molecule has 0 heterocycles. The van der Waals surface area contributed by atoms with Gasteiger partial charge in [0.05, 0.1) is 12.7 Å². The normalized spacial score (nSPS) is 12.8. The number of halogens is 3. The number of carbonyl (C=O) groups excluding carboxylic acids is 1. The number of Topliss-reactive ketones (excluding diaryl/α,β-unsaturated/α-hetero) is 1. The molecule has 0 amide bonds. The number of hydrogen-bond donors (Lipinski definition) is 1. The van der Waals surface area contributed by atoms with E-state index in [4.69, 9.17) is 4.74 Å². The topological polar surface area (TPSA) is 58.9 Å². The van der Waals surface area contributed by atoms with E-state index in [0.717, 1.165) is 0 Å². The maximum Gasteiger partial charge on any atom is 0.455 e. The first-order chi connectivity index (χ1) is 11.8. The molecule has 0 spiro atoms. The van der Waals surface area contributed by atoms with Crippen LogP contribution in [-0.2, 0) is 4.79 Å². The molecule has 1 N–H and O–H groups in total. The number of ether oxygens (including phenoxy) is 1. The van der Waals surface area contributed by atoms with Crippen molar-refractivity contribution in [3.8, 4) is 5.75 Å². The number of benzene rings is 2. The summed E-state index contributed by atoms with van der Waals surface area (Å²) in [7, 11) is 1.38. The Labute approximate surface area is 141 Å². The fourth-order valence-corrected chi connectivity index (χ4v) is 2.00. The maximum atomic E-state index is 12.9. The highest BCUT2D eigenvalue weighted by Crippen LogP contribution is 2.28. The fraction of sp³-hybridized carbons (Fsp3) is 0.111. The summed E-state index contributed by atoms with van der Waals surface area (Å²) in [6, 6.07) is 13.8. The molecule has 0 aromatic heterocycles. The Morgan fingerprint density at radius 2 is 1.68 bits per heavy atom. The van der Waals surface area contributed by atoms with Crippen LogP contribution in [0.5, 0.6) is 5.75 Å². The van der Waals surface area contributed by atoms with Gasteiger partial charge in [-0.05, 0) is 12.1 Å². The van der Waals surface area contributed by atoms with Crippen molar-refractivity contribution in [2.45, 2.75) is 6.18 Å². The summed E-state index contributed by atoms with van der Waals surface area (Å²) in [5.41, 5.74) is -0.662. The number of methoxy groups -OCH3 is 1. The molecule has 0 fully saturated rings. The molecular weight excluding hydrogens is 335 g/mol. The highest BCUT2D eigenvalue weighted by Gasteiger charge is 2.41. The minimum Gasteiger partial charge on any atom is -0.506 e. The quantitative estimate of drug-likeness (QED) is 0.491. The molecule has 0 bridgehead atoms. The largest absolute Gasteiger partial charge is 0.506 e. The Morgan fingerprint density at radius 3 is 2.28 bits per heavy atom. The minimum atomic E-state index is -5.15. The molecule has 2 rings (SSSR count). The van der Waals surface area contributed by atoms with E-state index >= 15 is 0 Å². The zero-order valence-corrected chi connectivity index (χ0v) is 13.1. The number of para-hydroxylation sites is 2. The van der Waals surface area contributed by atoms with Crippen LogP contribution in [0.3, 0.4) is 0 Å². The van der Waals surface area contributed by atoms with Crippen LogP contribution in [0.15, 0.2) is 65.2 Å². The second kappa shape index (κ2) is 7.65. The van der Waals surface area contributed by atoms with Crippen LogP contribution in [0.4, 0.5) is 18.9 Å². The van der Waals surface area contributed by atoms with Crippen molar-refractivity contribution in [1.82, 2.24) is 0 Å². The minimum absolute atomic E-state index is 0.0709. The van der Waals surface area contributed by atoms with Gasteiger partial charge in [0, 0.05) is 11.8 Å². The van der Waals surface area contributed by atoms with Crippen LogP contribution >= 0.6 is 0 Å². The number of aliphatic imine (C=N–C) groups is 1. The van der Waals surface area contributed by atoms with Crippen molar-refractivity contribution in [3.05, 3.63) is 65.7 Å². The van der Waals surface area contributed by atoms with Gasteiger partial charge >= 0.3 is 6.18 Å². The lowest BCUT2D eigenvalue weighted by molar-refractivity contribution is -0.165. The zero-order chi connectivity index (χ0) is 18.4. The molecular formula is C18H14F3NO3. The second-order valence-corrected chi connectivity index (χ2v) is 4.89. The molecule has 130 valence electrons. The van der Waals surface area contributed by atoms with Gasteiger partial charge in [0.1, 0.15) is 17.2 Å². The first-order valence-electron chi connectivity index (χ1n) is 7.12. The van der Waals surface area contributed by atoms with Gasteiger partial charge in [-0.2, -0.15) is 13.2 Å². The number of hydrogen-bond acceptors (Lipinski definition) is 4. The third kappa shape index (κ3) is 4.47. The standard InChI is InChI=1S/C18H14F3NO3/c1-25-15-10-6-5-9-14(15)22-11-13(17(24)18(19,20)21)16(23)12-7-3-2-4-8-12/h2-11,23H,1H3/b16-13+,22-11?. The molecule has 7 heteroatoms. The highest BCUT2D eigenvalue weighted by atomic mass is 19.4.